The fourth-order valence-corrected chi connectivity index (χ4v) is 5.18. The molecule has 0 unspecified atom stereocenters. The zero-order chi connectivity index (χ0) is 16.7. The van der Waals surface area contributed by atoms with E-state index in [0.717, 1.165) is 42.3 Å². The molecule has 4 nitrogen and oxygen atoms in total. The van der Waals surface area contributed by atoms with Crippen LogP contribution < -0.4 is 4.74 Å². The second-order valence-corrected chi connectivity index (χ2v) is 7.88. The third-order valence-corrected chi connectivity index (χ3v) is 6.50. The van der Waals surface area contributed by atoms with E-state index in [9.17, 15) is 8.42 Å². The molecular formula is C19H19NO3S. The van der Waals surface area contributed by atoms with E-state index in [0.29, 0.717) is 5.75 Å². The van der Waals surface area contributed by atoms with Crippen LogP contribution in [0.2, 0.25) is 0 Å². The summed E-state index contributed by atoms with van der Waals surface area (Å²) in [5.74, 6) is 0.647. The van der Waals surface area contributed by atoms with Gasteiger partial charge in [0.05, 0.1) is 17.5 Å². The van der Waals surface area contributed by atoms with E-state index < -0.39 is 10.0 Å². The van der Waals surface area contributed by atoms with Gasteiger partial charge in [-0.3, -0.25) is 0 Å². The summed E-state index contributed by atoms with van der Waals surface area (Å²) >= 11 is 0. The first-order valence-corrected chi connectivity index (χ1v) is 9.58. The van der Waals surface area contributed by atoms with Gasteiger partial charge in [-0.15, -0.1) is 0 Å². The molecule has 24 heavy (non-hydrogen) atoms. The van der Waals surface area contributed by atoms with Crippen LogP contribution in [0.25, 0.3) is 10.9 Å². The Morgan fingerprint density at radius 3 is 2.42 bits per heavy atom. The lowest BCUT2D eigenvalue weighted by molar-refractivity contribution is 0.414. The predicted molar refractivity (Wildman–Crippen MR) is 94.2 cm³/mol. The SMILES string of the molecule is COc1ccc(S(=O)(=O)n2c3c(c4ccccc42)CCCC3)cc1. The lowest BCUT2D eigenvalue weighted by Gasteiger charge is -2.16. The molecule has 124 valence electrons. The second-order valence-electron chi connectivity index (χ2n) is 6.09. The van der Waals surface area contributed by atoms with Crippen molar-refractivity contribution >= 4 is 20.9 Å². The van der Waals surface area contributed by atoms with Crippen molar-refractivity contribution < 1.29 is 13.2 Å². The highest BCUT2D eigenvalue weighted by molar-refractivity contribution is 7.90. The van der Waals surface area contributed by atoms with Crippen LogP contribution in [0.5, 0.6) is 5.75 Å². The molecule has 1 aliphatic rings. The van der Waals surface area contributed by atoms with Crippen LogP contribution in [0, 0.1) is 0 Å². The molecule has 0 saturated heterocycles. The van der Waals surface area contributed by atoms with Crippen molar-refractivity contribution in [2.45, 2.75) is 30.6 Å². The zero-order valence-corrected chi connectivity index (χ0v) is 14.3. The fourth-order valence-electron chi connectivity index (χ4n) is 3.58. The smallest absolute Gasteiger partial charge is 0.268 e. The average Bonchev–Trinajstić information content (AvgIpc) is 2.97. The van der Waals surface area contributed by atoms with Crippen molar-refractivity contribution in [2.24, 2.45) is 0 Å². The van der Waals surface area contributed by atoms with Gasteiger partial charge in [-0.25, -0.2) is 12.4 Å². The van der Waals surface area contributed by atoms with Crippen LogP contribution >= 0.6 is 0 Å². The number of nitrogens with zero attached hydrogens (tertiary/aromatic N) is 1. The Morgan fingerprint density at radius 1 is 0.958 bits per heavy atom. The molecule has 0 spiro atoms. The van der Waals surface area contributed by atoms with Crippen LogP contribution in [-0.4, -0.2) is 19.5 Å². The molecule has 1 aliphatic carbocycles. The Hall–Kier alpha value is -2.27. The quantitative estimate of drug-likeness (QED) is 0.729. The highest BCUT2D eigenvalue weighted by Crippen LogP contribution is 2.35. The minimum atomic E-state index is -3.63. The van der Waals surface area contributed by atoms with Crippen LogP contribution in [0.1, 0.15) is 24.1 Å². The Balaban J connectivity index is 1.98. The summed E-state index contributed by atoms with van der Waals surface area (Å²) < 4.78 is 33.3. The summed E-state index contributed by atoms with van der Waals surface area (Å²) in [4.78, 5) is 0.289. The van der Waals surface area contributed by atoms with Crippen molar-refractivity contribution in [3.63, 3.8) is 0 Å². The van der Waals surface area contributed by atoms with Crippen LogP contribution in [0.3, 0.4) is 0 Å². The molecule has 0 N–H and O–H groups in total. The number of para-hydroxylation sites is 1. The molecule has 5 heteroatoms. The van der Waals surface area contributed by atoms with Crippen LogP contribution in [-0.2, 0) is 22.9 Å². The molecule has 1 heterocycles. The maximum atomic E-state index is 13.3. The number of hydrogen-bond donors (Lipinski definition) is 0. The van der Waals surface area contributed by atoms with Crippen molar-refractivity contribution in [3.05, 3.63) is 59.8 Å². The number of fused-ring (bicyclic) bond motifs is 3. The van der Waals surface area contributed by atoms with Gasteiger partial charge in [0, 0.05) is 11.1 Å². The minimum absolute atomic E-state index is 0.289. The van der Waals surface area contributed by atoms with Gasteiger partial charge in [-0.05, 0) is 61.6 Å². The number of ether oxygens (including phenoxy) is 1. The molecule has 2 aromatic carbocycles. The summed E-state index contributed by atoms with van der Waals surface area (Å²) in [6, 6.07) is 14.4. The van der Waals surface area contributed by atoms with E-state index in [2.05, 4.69) is 0 Å². The molecule has 0 saturated carbocycles. The van der Waals surface area contributed by atoms with Gasteiger partial charge >= 0.3 is 0 Å². The Kier molecular flexibility index (Phi) is 3.61. The molecule has 0 bridgehead atoms. The molecule has 0 atom stereocenters. The Morgan fingerprint density at radius 2 is 1.67 bits per heavy atom. The number of benzene rings is 2. The van der Waals surface area contributed by atoms with Gasteiger partial charge < -0.3 is 4.74 Å². The second kappa shape index (κ2) is 5.67. The number of rotatable bonds is 3. The van der Waals surface area contributed by atoms with E-state index >= 15 is 0 Å². The summed E-state index contributed by atoms with van der Waals surface area (Å²) in [7, 11) is -2.06. The van der Waals surface area contributed by atoms with Gasteiger partial charge in [0.15, 0.2) is 0 Å². The lowest BCUT2D eigenvalue weighted by Crippen LogP contribution is -2.17. The normalized spacial score (nSPS) is 14.5. The molecule has 1 aromatic heterocycles. The first-order valence-electron chi connectivity index (χ1n) is 8.14. The van der Waals surface area contributed by atoms with Gasteiger partial charge in [0.2, 0.25) is 0 Å². The van der Waals surface area contributed by atoms with Crippen molar-refractivity contribution in [3.8, 4) is 5.75 Å². The predicted octanol–water partition coefficient (Wildman–Crippen LogP) is 3.77. The van der Waals surface area contributed by atoms with E-state index in [1.165, 1.54) is 5.56 Å². The van der Waals surface area contributed by atoms with E-state index in [-0.39, 0.29) is 4.90 Å². The van der Waals surface area contributed by atoms with Crippen LogP contribution in [0.4, 0.5) is 0 Å². The van der Waals surface area contributed by atoms with E-state index in [4.69, 9.17) is 4.74 Å². The summed E-state index contributed by atoms with van der Waals surface area (Å²) in [5, 5.41) is 1.06. The first kappa shape index (κ1) is 15.3. The monoisotopic (exact) mass is 341 g/mol. The number of aromatic nitrogens is 1. The highest BCUT2D eigenvalue weighted by Gasteiger charge is 2.27. The third kappa shape index (κ3) is 2.23. The molecule has 0 amide bonds. The maximum Gasteiger partial charge on any atom is 0.268 e. The Labute approximate surface area is 141 Å². The van der Waals surface area contributed by atoms with E-state index in [1.54, 1.807) is 35.3 Å². The van der Waals surface area contributed by atoms with Crippen molar-refractivity contribution in [1.82, 2.24) is 3.97 Å². The van der Waals surface area contributed by atoms with Gasteiger partial charge in [0.25, 0.3) is 10.0 Å². The number of hydrogen-bond acceptors (Lipinski definition) is 3. The molecule has 4 rings (SSSR count). The molecule has 0 radical (unpaired) electrons. The van der Waals surface area contributed by atoms with Crippen molar-refractivity contribution in [1.29, 1.82) is 0 Å². The molecular weight excluding hydrogens is 322 g/mol. The molecule has 0 fully saturated rings. The summed E-state index contributed by atoms with van der Waals surface area (Å²) in [6.45, 7) is 0. The van der Waals surface area contributed by atoms with E-state index in [1.807, 2.05) is 24.3 Å². The third-order valence-electron chi connectivity index (χ3n) is 4.73. The van der Waals surface area contributed by atoms with Gasteiger partial charge in [-0.2, -0.15) is 0 Å². The molecule has 0 aliphatic heterocycles. The lowest BCUT2D eigenvalue weighted by atomic mass is 9.96. The molecule has 3 aromatic rings. The average molecular weight is 341 g/mol. The topological polar surface area (TPSA) is 48.3 Å². The largest absolute Gasteiger partial charge is 0.497 e. The first-order chi connectivity index (χ1) is 11.6. The zero-order valence-electron chi connectivity index (χ0n) is 13.5. The maximum absolute atomic E-state index is 13.3. The Bertz CT molecular complexity index is 1000. The standard InChI is InChI=1S/C19H19NO3S/c1-23-14-10-12-15(13-11-14)24(21,22)20-18-8-4-2-6-16(18)17-7-3-5-9-19(17)20/h2,4,6,8,10-13H,3,5,7,9H2,1H3. The fraction of sp³-hybridized carbons (Fsp3) is 0.263. The van der Waals surface area contributed by atoms with Gasteiger partial charge in [0.1, 0.15) is 5.75 Å². The van der Waals surface area contributed by atoms with Gasteiger partial charge in [-0.1, -0.05) is 18.2 Å². The number of aryl methyl sites for hydroxylation is 1. The highest BCUT2D eigenvalue weighted by atomic mass is 32.2. The van der Waals surface area contributed by atoms with Crippen molar-refractivity contribution in [2.75, 3.05) is 7.11 Å². The summed E-state index contributed by atoms with van der Waals surface area (Å²) in [6.07, 6.45) is 3.89. The summed E-state index contributed by atoms with van der Waals surface area (Å²) in [5.41, 5.74) is 2.91. The minimum Gasteiger partial charge on any atom is -0.497 e. The number of methoxy groups -OCH3 is 1. The van der Waals surface area contributed by atoms with Crippen LogP contribution in [0.15, 0.2) is 53.4 Å².